The highest BCUT2D eigenvalue weighted by atomic mass is 19.4. The van der Waals surface area contributed by atoms with Crippen molar-refractivity contribution in [2.45, 2.75) is 44.9 Å². The lowest BCUT2D eigenvalue weighted by molar-refractivity contribution is -0.184. The molecule has 1 N–H and O–H groups in total. The Morgan fingerprint density at radius 3 is 2.59 bits per heavy atom. The van der Waals surface area contributed by atoms with Crippen LogP contribution >= 0.6 is 0 Å². The fourth-order valence-electron chi connectivity index (χ4n) is 2.55. The summed E-state index contributed by atoms with van der Waals surface area (Å²) in [4.78, 5) is 24.1. The number of rotatable bonds is 2. The van der Waals surface area contributed by atoms with E-state index in [0.717, 1.165) is 0 Å². The number of likely N-dealkylation sites (tertiary alicyclic amines) is 1. The third-order valence-corrected chi connectivity index (χ3v) is 3.47. The fraction of sp³-hybridized carbons (Fsp3) is 0.615. The van der Waals surface area contributed by atoms with Crippen molar-refractivity contribution in [3.05, 3.63) is 17.5 Å². The average Bonchev–Trinajstić information content (AvgIpc) is 2.82. The molecule has 0 spiro atoms. The number of aromatic nitrogens is 1. The van der Waals surface area contributed by atoms with Crippen molar-refractivity contribution < 1.29 is 27.3 Å². The molecule has 1 aromatic rings. The first-order chi connectivity index (χ1) is 10.2. The first kappa shape index (κ1) is 16.3. The van der Waals surface area contributed by atoms with Crippen LogP contribution in [-0.2, 0) is 4.79 Å². The number of carbonyl (C=O) groups is 2. The van der Waals surface area contributed by atoms with Crippen LogP contribution in [0.4, 0.5) is 13.2 Å². The molecular formula is C13H16F3N3O3. The Hall–Kier alpha value is -2.06. The second kappa shape index (κ2) is 5.98. The Morgan fingerprint density at radius 2 is 2.09 bits per heavy atom. The van der Waals surface area contributed by atoms with Gasteiger partial charge in [0.15, 0.2) is 0 Å². The van der Waals surface area contributed by atoms with Crippen molar-refractivity contribution in [3.63, 3.8) is 0 Å². The summed E-state index contributed by atoms with van der Waals surface area (Å²) in [7, 11) is 0. The molecule has 2 heterocycles. The van der Waals surface area contributed by atoms with Gasteiger partial charge in [-0.2, -0.15) is 13.2 Å². The van der Waals surface area contributed by atoms with Gasteiger partial charge in [-0.15, -0.1) is 0 Å². The van der Waals surface area contributed by atoms with E-state index < -0.39 is 24.2 Å². The number of amides is 2. The molecule has 9 heteroatoms. The smallest absolute Gasteiger partial charge is 0.352 e. The standard InChI is InChI=1S/C13H16F3N3O3/c1-7-5-10(22-18-7)12(21)19-6-9(17-8(2)20)3-4-11(19)13(14,15)16/h5,9,11H,3-4,6H2,1-2H3,(H,17,20)/t9-,11+/m0/s1. The highest BCUT2D eigenvalue weighted by molar-refractivity contribution is 5.92. The van der Waals surface area contributed by atoms with Crippen LogP contribution in [0.5, 0.6) is 0 Å². The molecule has 0 aromatic carbocycles. The summed E-state index contributed by atoms with van der Waals surface area (Å²) >= 11 is 0. The molecule has 2 amide bonds. The van der Waals surface area contributed by atoms with Crippen LogP contribution in [0.2, 0.25) is 0 Å². The second-order valence-electron chi connectivity index (χ2n) is 5.32. The maximum Gasteiger partial charge on any atom is 0.408 e. The van der Waals surface area contributed by atoms with Crippen molar-refractivity contribution in [1.29, 1.82) is 0 Å². The summed E-state index contributed by atoms with van der Waals surface area (Å²) < 4.78 is 44.2. The largest absolute Gasteiger partial charge is 0.408 e. The summed E-state index contributed by atoms with van der Waals surface area (Å²) in [5, 5.41) is 6.06. The zero-order chi connectivity index (χ0) is 16.5. The molecule has 1 saturated heterocycles. The van der Waals surface area contributed by atoms with Crippen molar-refractivity contribution in [2.75, 3.05) is 6.54 Å². The van der Waals surface area contributed by atoms with Gasteiger partial charge in [0, 0.05) is 25.6 Å². The summed E-state index contributed by atoms with van der Waals surface area (Å²) in [6.45, 7) is 2.63. The Morgan fingerprint density at radius 1 is 1.41 bits per heavy atom. The maximum atomic E-state index is 13.1. The third-order valence-electron chi connectivity index (χ3n) is 3.47. The number of hydrogen-bond donors (Lipinski definition) is 1. The molecule has 122 valence electrons. The van der Waals surface area contributed by atoms with Crippen molar-refractivity contribution >= 4 is 11.8 Å². The number of piperidine rings is 1. The first-order valence-electron chi connectivity index (χ1n) is 6.76. The van der Waals surface area contributed by atoms with E-state index in [1.54, 1.807) is 6.92 Å². The molecule has 1 aliphatic rings. The van der Waals surface area contributed by atoms with E-state index in [1.165, 1.54) is 13.0 Å². The third kappa shape index (κ3) is 3.58. The molecule has 0 saturated carbocycles. The van der Waals surface area contributed by atoms with Gasteiger partial charge in [-0.1, -0.05) is 5.16 Å². The predicted molar refractivity (Wildman–Crippen MR) is 69.0 cm³/mol. The fourth-order valence-corrected chi connectivity index (χ4v) is 2.55. The van der Waals surface area contributed by atoms with E-state index in [2.05, 4.69) is 10.5 Å². The minimum Gasteiger partial charge on any atom is -0.352 e. The topological polar surface area (TPSA) is 75.4 Å². The lowest BCUT2D eigenvalue weighted by atomic mass is 9.97. The SMILES string of the molecule is CC(=O)N[C@H]1CC[C@H](C(F)(F)F)N(C(=O)c2cc(C)no2)C1. The Bertz CT molecular complexity index is 570. The van der Waals surface area contributed by atoms with Gasteiger partial charge in [0.05, 0.1) is 5.69 Å². The zero-order valence-corrected chi connectivity index (χ0v) is 12.1. The van der Waals surface area contributed by atoms with Gasteiger partial charge in [0.25, 0.3) is 5.91 Å². The van der Waals surface area contributed by atoms with Crippen molar-refractivity contribution in [3.8, 4) is 0 Å². The van der Waals surface area contributed by atoms with Gasteiger partial charge in [0.1, 0.15) is 6.04 Å². The molecule has 0 radical (unpaired) electrons. The monoisotopic (exact) mass is 319 g/mol. The number of nitrogens with zero attached hydrogens (tertiary/aromatic N) is 2. The number of hydrogen-bond acceptors (Lipinski definition) is 4. The summed E-state index contributed by atoms with van der Waals surface area (Å²) in [5.41, 5.74) is 0.405. The van der Waals surface area contributed by atoms with Crippen molar-refractivity contribution in [1.82, 2.24) is 15.4 Å². The number of aryl methyl sites for hydroxylation is 1. The van der Waals surface area contributed by atoms with Gasteiger partial charge >= 0.3 is 6.18 Å². The Kier molecular flexibility index (Phi) is 4.43. The summed E-state index contributed by atoms with van der Waals surface area (Å²) in [6, 6.07) is -1.11. The van der Waals surface area contributed by atoms with E-state index in [1.807, 2.05) is 0 Å². The number of alkyl halides is 3. The highest BCUT2D eigenvalue weighted by Crippen LogP contribution is 2.33. The van der Waals surface area contributed by atoms with Crippen molar-refractivity contribution in [2.24, 2.45) is 0 Å². The van der Waals surface area contributed by atoms with Crippen LogP contribution in [0, 0.1) is 6.92 Å². The highest BCUT2D eigenvalue weighted by Gasteiger charge is 2.48. The molecule has 0 aliphatic carbocycles. The molecule has 1 fully saturated rings. The van der Waals surface area contributed by atoms with Crippen LogP contribution < -0.4 is 5.32 Å². The molecule has 6 nitrogen and oxygen atoms in total. The normalized spacial score (nSPS) is 22.5. The lowest BCUT2D eigenvalue weighted by Gasteiger charge is -2.39. The Balaban J connectivity index is 2.23. The first-order valence-corrected chi connectivity index (χ1v) is 6.76. The molecule has 0 bridgehead atoms. The van der Waals surface area contributed by atoms with Crippen LogP contribution in [-0.4, -0.2) is 46.7 Å². The van der Waals surface area contributed by atoms with E-state index in [9.17, 15) is 22.8 Å². The number of halogens is 3. The van der Waals surface area contributed by atoms with Crippen LogP contribution in [0.3, 0.4) is 0 Å². The minimum absolute atomic E-state index is 0.156. The van der Waals surface area contributed by atoms with Gasteiger partial charge < -0.3 is 14.7 Å². The molecule has 2 rings (SSSR count). The molecule has 2 atom stereocenters. The van der Waals surface area contributed by atoms with Gasteiger partial charge in [-0.05, 0) is 19.8 Å². The second-order valence-corrected chi connectivity index (χ2v) is 5.32. The van der Waals surface area contributed by atoms with Gasteiger partial charge in [-0.25, -0.2) is 0 Å². The summed E-state index contributed by atoms with van der Waals surface area (Å²) in [6.07, 6.45) is -4.65. The average molecular weight is 319 g/mol. The Labute approximate surface area is 124 Å². The molecule has 1 aromatic heterocycles. The van der Waals surface area contributed by atoms with Crippen LogP contribution in [0.1, 0.15) is 36.0 Å². The number of carbonyl (C=O) groups excluding carboxylic acids is 2. The van der Waals surface area contributed by atoms with E-state index in [0.29, 0.717) is 10.6 Å². The van der Waals surface area contributed by atoms with Gasteiger partial charge in [-0.3, -0.25) is 9.59 Å². The van der Waals surface area contributed by atoms with Gasteiger partial charge in [0.2, 0.25) is 11.7 Å². The molecule has 1 aliphatic heterocycles. The van der Waals surface area contributed by atoms with Crippen LogP contribution in [0.25, 0.3) is 0 Å². The predicted octanol–water partition coefficient (Wildman–Crippen LogP) is 1.65. The lowest BCUT2D eigenvalue weighted by Crippen LogP contribution is -2.58. The summed E-state index contributed by atoms with van der Waals surface area (Å²) in [5.74, 6) is -1.47. The van der Waals surface area contributed by atoms with E-state index >= 15 is 0 Å². The van der Waals surface area contributed by atoms with E-state index in [-0.39, 0.29) is 31.1 Å². The molecule has 22 heavy (non-hydrogen) atoms. The zero-order valence-electron chi connectivity index (χ0n) is 12.1. The maximum absolute atomic E-state index is 13.1. The van der Waals surface area contributed by atoms with E-state index in [4.69, 9.17) is 4.52 Å². The molecular weight excluding hydrogens is 303 g/mol. The number of nitrogens with one attached hydrogen (secondary N) is 1. The van der Waals surface area contributed by atoms with Crippen LogP contribution in [0.15, 0.2) is 10.6 Å². The minimum atomic E-state index is -4.54. The molecule has 0 unspecified atom stereocenters. The quantitative estimate of drug-likeness (QED) is 0.899.